The monoisotopic (exact) mass is 352 g/mol. The van der Waals surface area contributed by atoms with Crippen molar-refractivity contribution in [3.8, 4) is 11.4 Å². The lowest BCUT2D eigenvalue weighted by Crippen LogP contribution is -2.36. The fourth-order valence-corrected chi connectivity index (χ4v) is 2.04. The lowest BCUT2D eigenvalue weighted by atomic mass is 10.2. The van der Waals surface area contributed by atoms with Crippen LogP contribution in [0.2, 0.25) is 5.02 Å². The van der Waals surface area contributed by atoms with Gasteiger partial charge in [-0.1, -0.05) is 11.6 Å². The molecule has 0 unspecified atom stereocenters. The van der Waals surface area contributed by atoms with Gasteiger partial charge < -0.3 is 9.72 Å². The zero-order valence-corrected chi connectivity index (χ0v) is 12.3. The lowest BCUT2D eigenvalue weighted by Gasteiger charge is -2.12. The summed E-state index contributed by atoms with van der Waals surface area (Å²) in [5.74, 6) is -1.08. The van der Waals surface area contributed by atoms with Gasteiger partial charge in [-0.15, -0.1) is 0 Å². The zero-order chi connectivity index (χ0) is 17.4. The van der Waals surface area contributed by atoms with Gasteiger partial charge in [-0.2, -0.15) is 13.2 Å². The molecule has 2 aromatic rings. The molecule has 0 saturated carbocycles. The number of ether oxygens (including phenoxy) is 1. The summed E-state index contributed by atoms with van der Waals surface area (Å²) in [5.41, 5.74) is -4.88. The van der Waals surface area contributed by atoms with Gasteiger partial charge in [0.25, 0.3) is 5.56 Å². The molecule has 23 heavy (non-hydrogen) atoms. The van der Waals surface area contributed by atoms with Gasteiger partial charge in [0.1, 0.15) is 17.3 Å². The maximum Gasteiger partial charge on any atom is 0.431 e. The second kappa shape index (κ2) is 6.07. The summed E-state index contributed by atoms with van der Waals surface area (Å²) in [6, 6.07) is 1.92. The molecule has 1 aromatic heterocycles. The SMILES string of the molecule is CCOc1cc(-n2c(=O)cc(C(F)(F)F)[nH]c2=O)c(F)cc1Cl. The van der Waals surface area contributed by atoms with Gasteiger partial charge in [0.05, 0.1) is 17.3 Å². The molecule has 0 saturated heterocycles. The van der Waals surface area contributed by atoms with Crippen molar-refractivity contribution in [2.45, 2.75) is 13.1 Å². The van der Waals surface area contributed by atoms with Crippen molar-refractivity contribution in [3.05, 3.63) is 55.6 Å². The number of nitrogens with zero attached hydrogens (tertiary/aromatic N) is 1. The standard InChI is InChI=1S/C13H9ClF4N2O3/c1-2-23-9-4-8(7(15)3-6(9)14)20-11(21)5-10(13(16,17)18)19-12(20)22/h3-5H,2H2,1H3,(H,19,22). The van der Waals surface area contributed by atoms with E-state index in [1.165, 1.54) is 4.98 Å². The van der Waals surface area contributed by atoms with Gasteiger partial charge in [0.2, 0.25) is 0 Å². The molecule has 1 heterocycles. The summed E-state index contributed by atoms with van der Waals surface area (Å²) in [6.07, 6.45) is -4.91. The van der Waals surface area contributed by atoms with Gasteiger partial charge in [0, 0.05) is 12.1 Å². The van der Waals surface area contributed by atoms with Gasteiger partial charge in [-0.25, -0.2) is 13.8 Å². The first kappa shape index (κ1) is 17.1. The van der Waals surface area contributed by atoms with Crippen molar-refractivity contribution < 1.29 is 22.3 Å². The minimum absolute atomic E-state index is 0.0169. The summed E-state index contributed by atoms with van der Waals surface area (Å²) in [6.45, 7) is 1.79. The quantitative estimate of drug-likeness (QED) is 0.864. The van der Waals surface area contributed by atoms with Crippen LogP contribution in [0.3, 0.4) is 0 Å². The second-order valence-electron chi connectivity index (χ2n) is 4.33. The highest BCUT2D eigenvalue weighted by atomic mass is 35.5. The molecule has 0 aliphatic rings. The van der Waals surface area contributed by atoms with E-state index in [0.717, 1.165) is 12.1 Å². The first-order valence-corrected chi connectivity index (χ1v) is 6.58. The molecule has 0 fully saturated rings. The molecule has 2 rings (SSSR count). The van der Waals surface area contributed by atoms with Crippen molar-refractivity contribution in [1.29, 1.82) is 0 Å². The van der Waals surface area contributed by atoms with E-state index in [1.807, 2.05) is 0 Å². The Hall–Kier alpha value is -2.29. The average Bonchev–Trinajstić information content (AvgIpc) is 2.41. The first-order valence-electron chi connectivity index (χ1n) is 6.21. The second-order valence-corrected chi connectivity index (χ2v) is 4.73. The molecule has 5 nitrogen and oxygen atoms in total. The third-order valence-corrected chi connectivity index (χ3v) is 3.08. The van der Waals surface area contributed by atoms with E-state index in [4.69, 9.17) is 16.3 Å². The van der Waals surface area contributed by atoms with Crippen molar-refractivity contribution >= 4 is 11.6 Å². The number of aromatic amines is 1. The van der Waals surface area contributed by atoms with Crippen LogP contribution in [0, 0.1) is 5.82 Å². The molecule has 0 spiro atoms. The highest BCUT2D eigenvalue weighted by Gasteiger charge is 2.33. The molecule has 0 radical (unpaired) electrons. The van der Waals surface area contributed by atoms with Crippen LogP contribution in [-0.4, -0.2) is 16.2 Å². The first-order chi connectivity index (χ1) is 10.6. The van der Waals surface area contributed by atoms with Gasteiger partial charge in [-0.3, -0.25) is 4.79 Å². The Morgan fingerprint density at radius 3 is 2.43 bits per heavy atom. The van der Waals surface area contributed by atoms with Crippen LogP contribution in [0.15, 0.2) is 27.8 Å². The average molecular weight is 353 g/mol. The summed E-state index contributed by atoms with van der Waals surface area (Å²) in [7, 11) is 0. The smallest absolute Gasteiger partial charge is 0.431 e. The molecule has 1 aromatic carbocycles. The van der Waals surface area contributed by atoms with E-state index < -0.39 is 34.6 Å². The zero-order valence-electron chi connectivity index (χ0n) is 11.5. The largest absolute Gasteiger partial charge is 0.492 e. The van der Waals surface area contributed by atoms with Crippen LogP contribution in [0.25, 0.3) is 5.69 Å². The Morgan fingerprint density at radius 1 is 1.26 bits per heavy atom. The van der Waals surface area contributed by atoms with E-state index in [9.17, 15) is 27.2 Å². The lowest BCUT2D eigenvalue weighted by molar-refractivity contribution is -0.141. The van der Waals surface area contributed by atoms with Crippen LogP contribution < -0.4 is 16.0 Å². The van der Waals surface area contributed by atoms with Crippen LogP contribution in [-0.2, 0) is 6.18 Å². The van der Waals surface area contributed by atoms with E-state index in [-0.39, 0.29) is 28.0 Å². The number of rotatable bonds is 3. The molecule has 0 amide bonds. The van der Waals surface area contributed by atoms with Crippen LogP contribution in [0.4, 0.5) is 17.6 Å². The van der Waals surface area contributed by atoms with Gasteiger partial charge in [0.15, 0.2) is 0 Å². The molecule has 10 heteroatoms. The summed E-state index contributed by atoms with van der Waals surface area (Å²) in [4.78, 5) is 25.1. The minimum Gasteiger partial charge on any atom is -0.492 e. The minimum atomic E-state index is -4.91. The number of aromatic nitrogens is 2. The fourth-order valence-electron chi connectivity index (χ4n) is 1.83. The van der Waals surface area contributed by atoms with Crippen LogP contribution >= 0.6 is 11.6 Å². The predicted molar refractivity (Wildman–Crippen MR) is 73.8 cm³/mol. The van der Waals surface area contributed by atoms with E-state index in [2.05, 4.69) is 0 Å². The molecule has 0 aliphatic carbocycles. The third-order valence-electron chi connectivity index (χ3n) is 2.78. The highest BCUT2D eigenvalue weighted by Crippen LogP contribution is 2.29. The number of benzene rings is 1. The maximum absolute atomic E-state index is 14.0. The Morgan fingerprint density at radius 2 is 1.91 bits per heavy atom. The van der Waals surface area contributed by atoms with E-state index >= 15 is 0 Å². The molecule has 124 valence electrons. The number of alkyl halides is 3. The number of nitrogens with one attached hydrogen (secondary N) is 1. The van der Waals surface area contributed by atoms with Crippen LogP contribution in [0.5, 0.6) is 5.75 Å². The molecule has 0 bridgehead atoms. The molecular formula is C13H9ClF4N2O3. The van der Waals surface area contributed by atoms with E-state index in [0.29, 0.717) is 0 Å². The van der Waals surface area contributed by atoms with Crippen LogP contribution in [0.1, 0.15) is 12.6 Å². The Labute approximate surface area is 131 Å². The van der Waals surface area contributed by atoms with Crippen molar-refractivity contribution in [2.24, 2.45) is 0 Å². The molecule has 1 N–H and O–H groups in total. The summed E-state index contributed by atoms with van der Waals surface area (Å²) in [5, 5.41) is -0.107. The number of hydrogen-bond donors (Lipinski definition) is 1. The van der Waals surface area contributed by atoms with Gasteiger partial charge >= 0.3 is 11.9 Å². The van der Waals surface area contributed by atoms with Crippen molar-refractivity contribution in [1.82, 2.24) is 9.55 Å². The molecule has 0 aliphatic heterocycles. The normalized spacial score (nSPS) is 11.6. The highest BCUT2D eigenvalue weighted by molar-refractivity contribution is 6.32. The van der Waals surface area contributed by atoms with E-state index in [1.54, 1.807) is 6.92 Å². The Bertz CT molecular complexity index is 827. The molecule has 0 atom stereocenters. The number of halogens is 5. The fraction of sp³-hybridized carbons (Fsp3) is 0.231. The van der Waals surface area contributed by atoms with Gasteiger partial charge in [-0.05, 0) is 13.0 Å². The Kier molecular flexibility index (Phi) is 4.51. The maximum atomic E-state index is 14.0. The summed E-state index contributed by atoms with van der Waals surface area (Å²) >= 11 is 5.75. The summed E-state index contributed by atoms with van der Waals surface area (Å²) < 4.78 is 57.0. The Balaban J connectivity index is 2.71. The molecular weight excluding hydrogens is 344 g/mol. The van der Waals surface area contributed by atoms with Crippen molar-refractivity contribution in [3.63, 3.8) is 0 Å². The number of hydrogen-bond acceptors (Lipinski definition) is 3. The predicted octanol–water partition coefficient (Wildman–Crippen LogP) is 2.74. The number of H-pyrrole nitrogens is 1. The topological polar surface area (TPSA) is 64.1 Å². The third kappa shape index (κ3) is 3.39. The van der Waals surface area contributed by atoms with Crippen molar-refractivity contribution in [2.75, 3.05) is 6.61 Å².